The number of H-pyrrole nitrogens is 1. The van der Waals surface area contributed by atoms with Crippen LogP contribution < -0.4 is 20.3 Å². The summed E-state index contributed by atoms with van der Waals surface area (Å²) >= 11 is 0. The van der Waals surface area contributed by atoms with Crippen LogP contribution in [0.3, 0.4) is 0 Å². The zero-order valence-corrected chi connectivity index (χ0v) is 14.9. The van der Waals surface area contributed by atoms with Crippen molar-refractivity contribution in [3.8, 4) is 11.5 Å². The number of fused-ring (bicyclic) bond motifs is 1. The fraction of sp³-hybridized carbons (Fsp3) is 0.200. The average Bonchev–Trinajstić information content (AvgIpc) is 2.66. The van der Waals surface area contributed by atoms with E-state index in [1.54, 1.807) is 32.2 Å². The molecule has 134 valence electrons. The second-order valence-electron chi connectivity index (χ2n) is 5.96. The van der Waals surface area contributed by atoms with E-state index >= 15 is 0 Å². The monoisotopic (exact) mass is 352 g/mol. The third kappa shape index (κ3) is 3.54. The van der Waals surface area contributed by atoms with Gasteiger partial charge in [0.05, 0.1) is 14.2 Å². The Kier molecular flexibility index (Phi) is 4.93. The van der Waals surface area contributed by atoms with E-state index in [0.29, 0.717) is 29.2 Å². The molecule has 0 saturated carbocycles. The molecule has 6 nitrogen and oxygen atoms in total. The number of amides is 1. The molecular weight excluding hydrogens is 332 g/mol. The van der Waals surface area contributed by atoms with Crippen molar-refractivity contribution in [2.45, 2.75) is 13.5 Å². The van der Waals surface area contributed by atoms with E-state index in [4.69, 9.17) is 9.47 Å². The summed E-state index contributed by atoms with van der Waals surface area (Å²) in [5.74, 6) is 0.872. The Morgan fingerprint density at radius 1 is 1.04 bits per heavy atom. The molecule has 0 saturated heterocycles. The zero-order chi connectivity index (χ0) is 18.7. The number of ether oxygens (including phenoxy) is 2. The first-order chi connectivity index (χ1) is 12.5. The van der Waals surface area contributed by atoms with Gasteiger partial charge in [0.15, 0.2) is 11.5 Å². The van der Waals surface area contributed by atoms with Crippen LogP contribution in [0.1, 0.15) is 21.5 Å². The number of hydrogen-bond donors (Lipinski definition) is 2. The standard InChI is InChI=1S/C20H20N2O4/c1-12-8-15-9-13(4-6-16(15)22-19(12)23)11-21-20(24)14-5-7-17(25-2)18(10-14)26-3/h4-10H,11H2,1-3H3,(H,21,24)(H,22,23). The highest BCUT2D eigenvalue weighted by molar-refractivity contribution is 5.95. The number of benzene rings is 2. The van der Waals surface area contributed by atoms with Crippen LogP contribution in [0, 0.1) is 6.92 Å². The van der Waals surface area contributed by atoms with E-state index in [2.05, 4.69) is 10.3 Å². The summed E-state index contributed by atoms with van der Waals surface area (Å²) in [5.41, 5.74) is 2.77. The Labute approximate surface area is 150 Å². The van der Waals surface area contributed by atoms with Crippen LogP contribution in [-0.4, -0.2) is 25.1 Å². The summed E-state index contributed by atoms with van der Waals surface area (Å²) in [4.78, 5) is 26.9. The van der Waals surface area contributed by atoms with Gasteiger partial charge in [0.25, 0.3) is 11.5 Å². The summed E-state index contributed by atoms with van der Waals surface area (Å²) < 4.78 is 10.4. The van der Waals surface area contributed by atoms with Gasteiger partial charge in [-0.3, -0.25) is 9.59 Å². The van der Waals surface area contributed by atoms with Crippen LogP contribution in [0.4, 0.5) is 0 Å². The maximum atomic E-state index is 12.4. The molecule has 2 aromatic carbocycles. The van der Waals surface area contributed by atoms with Gasteiger partial charge in [-0.25, -0.2) is 0 Å². The summed E-state index contributed by atoms with van der Waals surface area (Å²) in [6, 6.07) is 12.5. The minimum atomic E-state index is -0.205. The molecule has 26 heavy (non-hydrogen) atoms. The van der Waals surface area contributed by atoms with E-state index in [1.165, 1.54) is 7.11 Å². The van der Waals surface area contributed by atoms with Crippen molar-refractivity contribution < 1.29 is 14.3 Å². The topological polar surface area (TPSA) is 80.4 Å². The first-order valence-corrected chi connectivity index (χ1v) is 8.14. The van der Waals surface area contributed by atoms with Crippen LogP contribution in [0.15, 0.2) is 47.3 Å². The maximum Gasteiger partial charge on any atom is 0.251 e. The number of aromatic nitrogens is 1. The minimum absolute atomic E-state index is 0.0907. The number of methoxy groups -OCH3 is 2. The van der Waals surface area contributed by atoms with Crippen LogP contribution in [0.5, 0.6) is 11.5 Å². The Hall–Kier alpha value is -3.28. The molecule has 0 aliphatic rings. The average molecular weight is 352 g/mol. The van der Waals surface area contributed by atoms with Crippen molar-refractivity contribution in [2.75, 3.05) is 14.2 Å². The van der Waals surface area contributed by atoms with E-state index in [9.17, 15) is 9.59 Å². The Bertz CT molecular complexity index is 1020. The summed E-state index contributed by atoms with van der Waals surface area (Å²) in [6.07, 6.45) is 0. The van der Waals surface area contributed by atoms with Gasteiger partial charge in [0.1, 0.15) is 0 Å². The third-order valence-electron chi connectivity index (χ3n) is 4.19. The molecule has 1 heterocycles. The highest BCUT2D eigenvalue weighted by Crippen LogP contribution is 2.27. The van der Waals surface area contributed by atoms with Gasteiger partial charge in [-0.05, 0) is 54.3 Å². The molecule has 0 spiro atoms. The molecule has 1 aromatic heterocycles. The van der Waals surface area contributed by atoms with Crippen LogP contribution in [-0.2, 0) is 6.54 Å². The predicted octanol–water partition coefficient (Wildman–Crippen LogP) is 2.78. The second-order valence-corrected chi connectivity index (χ2v) is 5.96. The number of rotatable bonds is 5. The lowest BCUT2D eigenvalue weighted by atomic mass is 10.1. The molecule has 0 radical (unpaired) electrons. The highest BCUT2D eigenvalue weighted by atomic mass is 16.5. The molecule has 0 bridgehead atoms. The SMILES string of the molecule is COc1ccc(C(=O)NCc2ccc3[nH]c(=O)c(C)cc3c2)cc1OC. The first kappa shape index (κ1) is 17.5. The maximum absolute atomic E-state index is 12.4. The van der Waals surface area contributed by atoms with Crippen molar-refractivity contribution >= 4 is 16.8 Å². The second kappa shape index (κ2) is 7.31. The lowest BCUT2D eigenvalue weighted by Gasteiger charge is -2.10. The minimum Gasteiger partial charge on any atom is -0.493 e. The molecule has 3 rings (SSSR count). The zero-order valence-electron chi connectivity index (χ0n) is 14.9. The van der Waals surface area contributed by atoms with E-state index in [1.807, 2.05) is 24.3 Å². The first-order valence-electron chi connectivity index (χ1n) is 8.14. The van der Waals surface area contributed by atoms with Gasteiger partial charge in [0.2, 0.25) is 0 Å². The molecule has 0 atom stereocenters. The quantitative estimate of drug-likeness (QED) is 0.740. The number of pyridine rings is 1. The molecule has 0 aliphatic heterocycles. The van der Waals surface area contributed by atoms with E-state index in [0.717, 1.165) is 16.5 Å². The Balaban J connectivity index is 1.76. The fourth-order valence-electron chi connectivity index (χ4n) is 2.74. The Morgan fingerprint density at radius 3 is 2.54 bits per heavy atom. The fourth-order valence-corrected chi connectivity index (χ4v) is 2.74. The van der Waals surface area contributed by atoms with Gasteiger partial charge < -0.3 is 19.8 Å². The lowest BCUT2D eigenvalue weighted by molar-refractivity contribution is 0.0950. The van der Waals surface area contributed by atoms with Crippen LogP contribution >= 0.6 is 0 Å². The largest absolute Gasteiger partial charge is 0.493 e. The normalized spacial score (nSPS) is 10.6. The van der Waals surface area contributed by atoms with Crippen molar-refractivity contribution in [1.82, 2.24) is 10.3 Å². The molecule has 0 fully saturated rings. The van der Waals surface area contributed by atoms with Crippen LogP contribution in [0.2, 0.25) is 0 Å². The highest BCUT2D eigenvalue weighted by Gasteiger charge is 2.10. The number of carbonyl (C=O) groups excluding carboxylic acids is 1. The Morgan fingerprint density at radius 2 is 1.81 bits per heavy atom. The molecule has 0 unspecified atom stereocenters. The van der Waals surface area contributed by atoms with Crippen molar-refractivity contribution in [2.24, 2.45) is 0 Å². The van der Waals surface area contributed by atoms with Gasteiger partial charge in [-0.1, -0.05) is 6.07 Å². The molecule has 6 heteroatoms. The van der Waals surface area contributed by atoms with Gasteiger partial charge >= 0.3 is 0 Å². The summed E-state index contributed by atoms with van der Waals surface area (Å²) in [5, 5.41) is 3.82. The van der Waals surface area contributed by atoms with Crippen molar-refractivity contribution in [1.29, 1.82) is 0 Å². The number of aromatic amines is 1. The summed E-state index contributed by atoms with van der Waals surface area (Å²) in [6.45, 7) is 2.14. The van der Waals surface area contributed by atoms with Gasteiger partial charge in [-0.15, -0.1) is 0 Å². The van der Waals surface area contributed by atoms with E-state index in [-0.39, 0.29) is 11.5 Å². The predicted molar refractivity (Wildman–Crippen MR) is 100 cm³/mol. The molecule has 1 amide bonds. The van der Waals surface area contributed by atoms with Crippen molar-refractivity contribution in [3.05, 3.63) is 69.5 Å². The number of carbonyl (C=O) groups is 1. The third-order valence-corrected chi connectivity index (χ3v) is 4.19. The summed E-state index contributed by atoms with van der Waals surface area (Å²) in [7, 11) is 3.08. The number of aryl methyl sites for hydroxylation is 1. The number of nitrogens with one attached hydrogen (secondary N) is 2. The molecule has 0 aliphatic carbocycles. The van der Waals surface area contributed by atoms with Crippen molar-refractivity contribution in [3.63, 3.8) is 0 Å². The smallest absolute Gasteiger partial charge is 0.251 e. The van der Waals surface area contributed by atoms with Gasteiger partial charge in [0, 0.05) is 23.2 Å². The molecular formula is C20H20N2O4. The van der Waals surface area contributed by atoms with Gasteiger partial charge in [-0.2, -0.15) is 0 Å². The lowest BCUT2D eigenvalue weighted by Crippen LogP contribution is -2.22. The molecule has 2 N–H and O–H groups in total. The number of hydrogen-bond acceptors (Lipinski definition) is 4. The molecule has 3 aromatic rings. The van der Waals surface area contributed by atoms with Crippen LogP contribution in [0.25, 0.3) is 10.9 Å². The van der Waals surface area contributed by atoms with E-state index < -0.39 is 0 Å².